The van der Waals surface area contributed by atoms with Crippen molar-refractivity contribution in [1.82, 2.24) is 4.90 Å². The van der Waals surface area contributed by atoms with Crippen LogP contribution in [0.5, 0.6) is 5.75 Å². The van der Waals surface area contributed by atoms with E-state index in [-0.39, 0.29) is 24.1 Å². The van der Waals surface area contributed by atoms with Crippen molar-refractivity contribution in [3.05, 3.63) is 58.8 Å². The van der Waals surface area contributed by atoms with Crippen LogP contribution < -0.4 is 10.1 Å². The minimum Gasteiger partial charge on any atom is -0.493 e. The number of carbonyl (C=O) groups is 2. The molecule has 0 saturated carbocycles. The van der Waals surface area contributed by atoms with Gasteiger partial charge >= 0.3 is 0 Å². The van der Waals surface area contributed by atoms with Gasteiger partial charge in [0.25, 0.3) is 5.91 Å². The van der Waals surface area contributed by atoms with Crippen molar-refractivity contribution in [3.8, 4) is 5.75 Å². The molecule has 0 aliphatic heterocycles. The van der Waals surface area contributed by atoms with Crippen LogP contribution in [0.4, 0.5) is 5.69 Å². The number of methoxy groups -OCH3 is 1. The quantitative estimate of drug-likeness (QED) is 0.683. The summed E-state index contributed by atoms with van der Waals surface area (Å²) < 4.78 is 11.6. The molecule has 6 nitrogen and oxygen atoms in total. The minimum absolute atomic E-state index is 0.103. The highest BCUT2D eigenvalue weighted by Crippen LogP contribution is 2.29. The van der Waals surface area contributed by atoms with E-state index in [0.717, 1.165) is 9.86 Å². The molecule has 7 heteroatoms. The molecule has 134 valence electrons. The predicted octanol–water partition coefficient (Wildman–Crippen LogP) is 3.91. The molecule has 0 atom stereocenters. The monoisotopic (exact) mass is 416 g/mol. The Hall–Kier alpha value is -2.80. The highest BCUT2D eigenvalue weighted by atomic mass is 79.9. The van der Waals surface area contributed by atoms with Gasteiger partial charge in [0.1, 0.15) is 0 Å². The zero-order chi connectivity index (χ0) is 18.7. The highest BCUT2D eigenvalue weighted by molar-refractivity contribution is 9.10. The first kappa shape index (κ1) is 18.0. The average molecular weight is 417 g/mol. The summed E-state index contributed by atoms with van der Waals surface area (Å²) in [6.07, 6.45) is 0. The number of hydrogen-bond acceptors (Lipinski definition) is 4. The SMILES string of the molecule is COc1cccc2cc(C(=O)N(C)CC(=O)Nc3ccccc3Br)oc12. The fourth-order valence-electron chi connectivity index (χ4n) is 2.53. The van der Waals surface area contributed by atoms with Crippen molar-refractivity contribution in [2.75, 3.05) is 26.0 Å². The van der Waals surface area contributed by atoms with Crippen LogP contribution in [0.1, 0.15) is 10.6 Å². The summed E-state index contributed by atoms with van der Waals surface area (Å²) in [5, 5.41) is 3.52. The largest absolute Gasteiger partial charge is 0.493 e. The molecule has 2 aromatic carbocycles. The van der Waals surface area contributed by atoms with Crippen LogP contribution in [0.2, 0.25) is 0 Å². The third-order valence-electron chi connectivity index (χ3n) is 3.81. The van der Waals surface area contributed by atoms with Gasteiger partial charge in [0, 0.05) is 16.9 Å². The predicted molar refractivity (Wildman–Crippen MR) is 102 cm³/mol. The number of nitrogens with one attached hydrogen (secondary N) is 1. The second kappa shape index (κ2) is 7.61. The molecule has 0 bridgehead atoms. The summed E-state index contributed by atoms with van der Waals surface area (Å²) in [5.74, 6) is 0.0172. The van der Waals surface area contributed by atoms with Crippen LogP contribution in [-0.2, 0) is 4.79 Å². The van der Waals surface area contributed by atoms with Crippen molar-refractivity contribution in [3.63, 3.8) is 0 Å². The number of halogens is 1. The van der Waals surface area contributed by atoms with Gasteiger partial charge in [-0.1, -0.05) is 24.3 Å². The fourth-order valence-corrected chi connectivity index (χ4v) is 2.91. The van der Waals surface area contributed by atoms with Gasteiger partial charge in [0.05, 0.1) is 19.3 Å². The van der Waals surface area contributed by atoms with Crippen molar-refractivity contribution in [1.29, 1.82) is 0 Å². The van der Waals surface area contributed by atoms with Gasteiger partial charge in [-0.25, -0.2) is 0 Å². The Morgan fingerprint density at radius 3 is 2.69 bits per heavy atom. The van der Waals surface area contributed by atoms with Crippen LogP contribution >= 0.6 is 15.9 Å². The lowest BCUT2D eigenvalue weighted by Gasteiger charge is -2.15. The Balaban J connectivity index is 1.71. The van der Waals surface area contributed by atoms with Crippen molar-refractivity contribution in [2.45, 2.75) is 0 Å². The molecule has 1 N–H and O–H groups in total. The van der Waals surface area contributed by atoms with Gasteiger partial charge < -0.3 is 19.4 Å². The molecule has 1 heterocycles. The third-order valence-corrected chi connectivity index (χ3v) is 4.51. The third kappa shape index (κ3) is 3.72. The minimum atomic E-state index is -0.384. The molecule has 1 aromatic heterocycles. The van der Waals surface area contributed by atoms with Gasteiger partial charge in [-0.05, 0) is 40.2 Å². The van der Waals surface area contributed by atoms with E-state index >= 15 is 0 Å². The summed E-state index contributed by atoms with van der Waals surface area (Å²) in [6, 6.07) is 14.3. The lowest BCUT2D eigenvalue weighted by atomic mass is 10.2. The van der Waals surface area contributed by atoms with Gasteiger partial charge in [-0.3, -0.25) is 9.59 Å². The number of benzene rings is 2. The Labute approximate surface area is 158 Å². The molecule has 0 aliphatic rings. The van der Waals surface area contributed by atoms with E-state index in [2.05, 4.69) is 21.2 Å². The molecule has 0 radical (unpaired) electrons. The Morgan fingerprint density at radius 2 is 1.96 bits per heavy atom. The number of rotatable bonds is 5. The summed E-state index contributed by atoms with van der Waals surface area (Å²) in [4.78, 5) is 26.1. The maximum Gasteiger partial charge on any atom is 0.289 e. The number of fused-ring (bicyclic) bond motifs is 1. The summed E-state index contributed by atoms with van der Waals surface area (Å²) in [5.41, 5.74) is 1.15. The van der Waals surface area contributed by atoms with Crippen LogP contribution in [-0.4, -0.2) is 37.4 Å². The van der Waals surface area contributed by atoms with Crippen LogP contribution in [0.15, 0.2) is 57.4 Å². The topological polar surface area (TPSA) is 71.8 Å². The molecular formula is C19H17BrN2O4. The Bertz CT molecular complexity index is 967. The lowest BCUT2D eigenvalue weighted by Crippen LogP contribution is -2.34. The molecule has 3 rings (SSSR count). The van der Waals surface area contributed by atoms with E-state index in [9.17, 15) is 9.59 Å². The number of para-hydroxylation sites is 2. The molecule has 26 heavy (non-hydrogen) atoms. The zero-order valence-electron chi connectivity index (χ0n) is 14.3. The molecule has 0 saturated heterocycles. The standard InChI is InChI=1S/C19H17BrN2O4/c1-22(11-17(23)21-14-8-4-3-7-13(14)20)19(24)16-10-12-6-5-9-15(25-2)18(12)26-16/h3-10H,11H2,1-2H3,(H,21,23). The average Bonchev–Trinajstić information content (AvgIpc) is 3.07. The van der Waals surface area contributed by atoms with Gasteiger partial charge in [0.15, 0.2) is 17.1 Å². The number of ether oxygens (including phenoxy) is 1. The number of anilines is 1. The Kier molecular flexibility index (Phi) is 5.27. The lowest BCUT2D eigenvalue weighted by molar-refractivity contribution is -0.116. The van der Waals surface area contributed by atoms with Gasteiger partial charge in [-0.2, -0.15) is 0 Å². The van der Waals surface area contributed by atoms with Crippen LogP contribution in [0, 0.1) is 0 Å². The first-order valence-corrected chi connectivity index (χ1v) is 8.65. The van der Waals surface area contributed by atoms with Crippen molar-refractivity contribution >= 4 is 44.4 Å². The van der Waals surface area contributed by atoms with Crippen molar-refractivity contribution < 1.29 is 18.7 Å². The van der Waals surface area contributed by atoms with E-state index in [1.807, 2.05) is 30.3 Å². The first-order chi connectivity index (χ1) is 12.5. The maximum atomic E-state index is 12.6. The van der Waals surface area contributed by atoms with Crippen LogP contribution in [0.3, 0.4) is 0 Å². The highest BCUT2D eigenvalue weighted by Gasteiger charge is 2.20. The number of hydrogen-bond donors (Lipinski definition) is 1. The summed E-state index contributed by atoms with van der Waals surface area (Å²) in [6.45, 7) is -0.103. The number of nitrogens with zero attached hydrogens (tertiary/aromatic N) is 1. The smallest absolute Gasteiger partial charge is 0.289 e. The number of furan rings is 1. The van der Waals surface area contributed by atoms with E-state index < -0.39 is 0 Å². The van der Waals surface area contributed by atoms with E-state index in [1.54, 1.807) is 25.2 Å². The molecule has 0 fully saturated rings. The first-order valence-electron chi connectivity index (χ1n) is 7.86. The molecule has 0 unspecified atom stereocenters. The second-order valence-electron chi connectivity index (χ2n) is 5.68. The van der Waals surface area contributed by atoms with E-state index in [4.69, 9.17) is 9.15 Å². The maximum absolute atomic E-state index is 12.6. The number of likely N-dealkylation sites (N-methyl/N-ethyl adjacent to an activating group) is 1. The van der Waals surface area contributed by atoms with Gasteiger partial charge in [0.2, 0.25) is 5.91 Å². The second-order valence-corrected chi connectivity index (χ2v) is 6.53. The number of carbonyl (C=O) groups excluding carboxylic acids is 2. The normalized spacial score (nSPS) is 10.6. The summed E-state index contributed by atoms with van der Waals surface area (Å²) in [7, 11) is 3.09. The van der Waals surface area contributed by atoms with Gasteiger partial charge in [-0.15, -0.1) is 0 Å². The molecule has 3 aromatic rings. The number of amides is 2. The molecule has 2 amide bonds. The van der Waals surface area contributed by atoms with Crippen LogP contribution in [0.25, 0.3) is 11.0 Å². The van der Waals surface area contributed by atoms with E-state index in [0.29, 0.717) is 17.0 Å². The van der Waals surface area contributed by atoms with Crippen molar-refractivity contribution in [2.24, 2.45) is 0 Å². The summed E-state index contributed by atoms with van der Waals surface area (Å²) >= 11 is 3.37. The molecule has 0 spiro atoms. The fraction of sp³-hybridized carbons (Fsp3) is 0.158. The molecule has 0 aliphatic carbocycles. The molecular weight excluding hydrogens is 400 g/mol. The Morgan fingerprint density at radius 1 is 1.19 bits per heavy atom. The zero-order valence-corrected chi connectivity index (χ0v) is 15.9. The van der Waals surface area contributed by atoms with E-state index in [1.165, 1.54) is 12.0 Å².